The average molecular weight is 444 g/mol. The summed E-state index contributed by atoms with van der Waals surface area (Å²) in [5.41, 5.74) is 3.32. The summed E-state index contributed by atoms with van der Waals surface area (Å²) in [5.74, 6) is 1.21. The number of ether oxygens (including phenoxy) is 1. The number of rotatable bonds is 5. The smallest absolute Gasteiger partial charge is 0.278 e. The van der Waals surface area contributed by atoms with Crippen molar-refractivity contribution >= 4 is 10.0 Å². The first-order chi connectivity index (χ1) is 15.0. The van der Waals surface area contributed by atoms with Crippen LogP contribution in [0.15, 0.2) is 33.7 Å². The summed E-state index contributed by atoms with van der Waals surface area (Å²) in [6.45, 7) is 3.92. The molecule has 0 aliphatic carbocycles. The molecule has 0 saturated carbocycles. The van der Waals surface area contributed by atoms with E-state index >= 15 is 0 Å². The number of hydrogen-bond donors (Lipinski definition) is 0. The van der Waals surface area contributed by atoms with E-state index in [2.05, 4.69) is 15.2 Å². The summed E-state index contributed by atoms with van der Waals surface area (Å²) in [6.07, 6.45) is 2.59. The lowest BCUT2D eigenvalue weighted by molar-refractivity contribution is 0.0830. The van der Waals surface area contributed by atoms with Crippen LogP contribution in [0.2, 0.25) is 0 Å². The van der Waals surface area contributed by atoms with E-state index in [-0.39, 0.29) is 19.0 Å². The minimum absolute atomic E-state index is 0.214. The van der Waals surface area contributed by atoms with Crippen LogP contribution in [-0.2, 0) is 41.3 Å². The largest absolute Gasteiger partial charge is 0.381 e. The van der Waals surface area contributed by atoms with E-state index in [4.69, 9.17) is 9.26 Å². The molecule has 9 nitrogen and oxygen atoms in total. The average Bonchev–Trinajstić information content (AvgIpc) is 3.51. The van der Waals surface area contributed by atoms with Crippen LogP contribution in [-0.4, -0.2) is 45.9 Å². The fourth-order valence-electron chi connectivity index (χ4n) is 4.21. The third-order valence-corrected chi connectivity index (χ3v) is 7.94. The number of aryl methyl sites for hydroxylation is 2. The maximum atomic E-state index is 13.2. The van der Waals surface area contributed by atoms with E-state index in [1.807, 2.05) is 26.1 Å². The van der Waals surface area contributed by atoms with Gasteiger partial charge in [0.2, 0.25) is 10.0 Å². The number of nitrogens with zero attached hydrogens (tertiary/aromatic N) is 5. The van der Waals surface area contributed by atoms with E-state index in [0.717, 1.165) is 36.1 Å². The Kier molecular flexibility index (Phi) is 5.15. The molecule has 1 saturated heterocycles. The molecule has 3 aromatic rings. The number of fused-ring (bicyclic) bond motifs is 1. The number of hydrogen-bond acceptors (Lipinski definition) is 7. The summed E-state index contributed by atoms with van der Waals surface area (Å²) in [6, 6.07) is 7.07. The molecule has 0 N–H and O–H groups in total. The van der Waals surface area contributed by atoms with E-state index < -0.39 is 10.0 Å². The Morgan fingerprint density at radius 1 is 1.13 bits per heavy atom. The molecule has 31 heavy (non-hydrogen) atoms. The Bertz CT molecular complexity index is 1190. The van der Waals surface area contributed by atoms with Crippen LogP contribution in [0.1, 0.15) is 48.3 Å². The Morgan fingerprint density at radius 3 is 2.58 bits per heavy atom. The Morgan fingerprint density at radius 2 is 1.87 bits per heavy atom. The summed E-state index contributed by atoms with van der Waals surface area (Å²) in [5, 5.41) is 8.71. The van der Waals surface area contributed by atoms with Crippen molar-refractivity contribution in [2.75, 3.05) is 13.2 Å². The normalized spacial score (nSPS) is 17.9. The Labute approximate surface area is 181 Å². The highest BCUT2D eigenvalue weighted by Crippen LogP contribution is 2.35. The molecule has 164 valence electrons. The number of benzene rings is 1. The molecular formula is C21H25N5O4S. The van der Waals surface area contributed by atoms with Gasteiger partial charge in [-0.15, -0.1) is 0 Å². The number of sulfonamides is 1. The van der Waals surface area contributed by atoms with E-state index in [9.17, 15) is 8.42 Å². The van der Waals surface area contributed by atoms with Gasteiger partial charge in [-0.05, 0) is 37.0 Å². The van der Waals surface area contributed by atoms with Crippen LogP contribution in [0.25, 0.3) is 11.6 Å². The highest BCUT2D eigenvalue weighted by Gasteiger charge is 2.36. The van der Waals surface area contributed by atoms with Crippen molar-refractivity contribution in [3.8, 4) is 11.6 Å². The van der Waals surface area contributed by atoms with Crippen molar-refractivity contribution in [1.29, 1.82) is 0 Å². The summed E-state index contributed by atoms with van der Waals surface area (Å²) < 4.78 is 40.5. The van der Waals surface area contributed by atoms with Gasteiger partial charge in [0.05, 0.1) is 17.1 Å². The first-order valence-corrected chi connectivity index (χ1v) is 12.0. The lowest BCUT2D eigenvalue weighted by atomic mass is 10.00. The van der Waals surface area contributed by atoms with Gasteiger partial charge in [-0.25, -0.2) is 8.42 Å². The van der Waals surface area contributed by atoms with Crippen LogP contribution in [0.4, 0.5) is 0 Å². The van der Waals surface area contributed by atoms with Gasteiger partial charge >= 0.3 is 0 Å². The van der Waals surface area contributed by atoms with Crippen LogP contribution < -0.4 is 0 Å². The van der Waals surface area contributed by atoms with E-state index in [0.29, 0.717) is 35.5 Å². The maximum Gasteiger partial charge on any atom is 0.278 e. The first-order valence-electron chi connectivity index (χ1n) is 10.5. The molecule has 2 aromatic heterocycles. The Hall–Kier alpha value is -2.56. The third kappa shape index (κ3) is 3.58. The fraction of sp³-hybridized carbons (Fsp3) is 0.476. The van der Waals surface area contributed by atoms with Gasteiger partial charge in [-0.1, -0.05) is 24.2 Å². The molecule has 0 radical (unpaired) electrons. The van der Waals surface area contributed by atoms with Crippen LogP contribution in [0.3, 0.4) is 0 Å². The van der Waals surface area contributed by atoms with E-state index in [1.54, 1.807) is 16.8 Å². The molecule has 10 heteroatoms. The van der Waals surface area contributed by atoms with Crippen molar-refractivity contribution in [3.63, 3.8) is 0 Å². The van der Waals surface area contributed by atoms with Crippen LogP contribution >= 0.6 is 0 Å². The van der Waals surface area contributed by atoms with Gasteiger partial charge in [0, 0.05) is 38.3 Å². The molecule has 5 rings (SSSR count). The molecule has 0 spiro atoms. The third-order valence-electron chi connectivity index (χ3n) is 6.14. The van der Waals surface area contributed by atoms with Crippen LogP contribution in [0.5, 0.6) is 0 Å². The molecule has 0 amide bonds. The van der Waals surface area contributed by atoms with Gasteiger partial charge < -0.3 is 9.26 Å². The zero-order chi connectivity index (χ0) is 21.6. The zero-order valence-electron chi connectivity index (χ0n) is 17.6. The molecule has 2 aliphatic heterocycles. The maximum absolute atomic E-state index is 13.2. The highest BCUT2D eigenvalue weighted by molar-refractivity contribution is 7.89. The molecule has 0 unspecified atom stereocenters. The lowest BCUT2D eigenvalue weighted by Crippen LogP contribution is -2.26. The molecule has 0 bridgehead atoms. The minimum atomic E-state index is -3.62. The summed E-state index contributed by atoms with van der Waals surface area (Å²) >= 11 is 0. The predicted molar refractivity (Wildman–Crippen MR) is 112 cm³/mol. The predicted octanol–water partition coefficient (Wildman–Crippen LogP) is 2.63. The molecule has 1 aromatic carbocycles. The fourth-order valence-corrected chi connectivity index (χ4v) is 5.58. The number of aromatic nitrogens is 4. The van der Waals surface area contributed by atoms with Gasteiger partial charge in [-0.3, -0.25) is 4.68 Å². The quantitative estimate of drug-likeness (QED) is 0.597. The Balaban J connectivity index is 1.42. The molecule has 2 aliphatic rings. The monoisotopic (exact) mass is 443 g/mol. The minimum Gasteiger partial charge on any atom is -0.381 e. The van der Waals surface area contributed by atoms with Gasteiger partial charge in [0.25, 0.3) is 5.89 Å². The van der Waals surface area contributed by atoms with E-state index in [1.165, 1.54) is 4.31 Å². The van der Waals surface area contributed by atoms with Crippen molar-refractivity contribution in [2.45, 2.75) is 50.1 Å². The van der Waals surface area contributed by atoms with Crippen molar-refractivity contribution in [3.05, 3.63) is 46.9 Å². The zero-order valence-corrected chi connectivity index (χ0v) is 18.4. The summed E-state index contributed by atoms with van der Waals surface area (Å²) in [4.78, 5) is 4.88. The topological polar surface area (TPSA) is 103 Å². The SMILES string of the molecule is CCc1ccc(S(=O)(=O)N2Cc3c(-c4nc(C5CCOCC5)no4)nn(C)c3C2)cc1. The van der Waals surface area contributed by atoms with Crippen molar-refractivity contribution < 1.29 is 17.7 Å². The van der Waals surface area contributed by atoms with Gasteiger partial charge in [-0.2, -0.15) is 14.4 Å². The van der Waals surface area contributed by atoms with Gasteiger partial charge in [0.15, 0.2) is 11.5 Å². The standard InChI is InChI=1S/C21H25N5O4S/c1-3-14-4-6-16(7-5-14)31(27,28)26-12-17-18(13-26)25(2)23-19(17)21-22-20(24-30-21)15-8-10-29-11-9-15/h4-7,15H,3,8-13H2,1-2H3. The van der Waals surface area contributed by atoms with Crippen molar-refractivity contribution in [1.82, 2.24) is 24.2 Å². The van der Waals surface area contributed by atoms with Crippen molar-refractivity contribution in [2.24, 2.45) is 7.05 Å². The molecule has 0 atom stereocenters. The second kappa shape index (κ2) is 7.85. The second-order valence-corrected chi connectivity index (χ2v) is 9.95. The molecular weight excluding hydrogens is 418 g/mol. The summed E-state index contributed by atoms with van der Waals surface area (Å²) in [7, 11) is -1.81. The second-order valence-electron chi connectivity index (χ2n) is 8.01. The molecule has 4 heterocycles. The highest BCUT2D eigenvalue weighted by atomic mass is 32.2. The first kappa shape index (κ1) is 20.3. The molecule has 1 fully saturated rings. The van der Waals surface area contributed by atoms with Crippen LogP contribution in [0, 0.1) is 0 Å². The van der Waals surface area contributed by atoms with Gasteiger partial charge in [0.1, 0.15) is 0 Å². The lowest BCUT2D eigenvalue weighted by Gasteiger charge is -2.18.